The summed E-state index contributed by atoms with van der Waals surface area (Å²) in [4.78, 5) is 22.2. The highest BCUT2D eigenvalue weighted by molar-refractivity contribution is 5.87. The molecule has 1 aliphatic carbocycles. The molecular weight excluding hydrogens is 230 g/mol. The molecule has 0 aromatic rings. The van der Waals surface area contributed by atoms with Gasteiger partial charge in [0.1, 0.15) is 0 Å². The summed E-state index contributed by atoms with van der Waals surface area (Å²) in [5.41, 5.74) is 0. The highest BCUT2D eigenvalue weighted by Gasteiger charge is 2.25. The summed E-state index contributed by atoms with van der Waals surface area (Å²) in [5, 5.41) is 11.8. The Morgan fingerprint density at radius 3 is 2.50 bits per heavy atom. The van der Waals surface area contributed by atoms with Crippen LogP contribution in [0, 0.1) is 11.8 Å². The molecule has 0 unspecified atom stereocenters. The van der Waals surface area contributed by atoms with E-state index in [2.05, 4.69) is 12.2 Å². The van der Waals surface area contributed by atoms with E-state index in [0.29, 0.717) is 12.5 Å². The first-order valence-corrected chi connectivity index (χ1v) is 6.80. The normalized spacial score (nSPS) is 24.1. The molecule has 0 saturated heterocycles. The average molecular weight is 253 g/mol. The quantitative estimate of drug-likeness (QED) is 0.714. The van der Waals surface area contributed by atoms with Crippen molar-refractivity contribution in [2.24, 2.45) is 11.8 Å². The summed E-state index contributed by atoms with van der Waals surface area (Å²) in [6.45, 7) is 2.74. The molecule has 0 atom stereocenters. The van der Waals surface area contributed by atoms with E-state index >= 15 is 0 Å². The summed E-state index contributed by atoms with van der Waals surface area (Å²) < 4.78 is 0. The maximum Gasteiger partial charge on any atom is 0.306 e. The van der Waals surface area contributed by atoms with Crippen molar-refractivity contribution in [1.82, 2.24) is 5.32 Å². The fourth-order valence-electron chi connectivity index (χ4n) is 2.27. The first-order chi connectivity index (χ1) is 8.63. The lowest BCUT2D eigenvalue weighted by Crippen LogP contribution is -2.31. The van der Waals surface area contributed by atoms with Crippen molar-refractivity contribution >= 4 is 11.9 Å². The minimum atomic E-state index is -0.681. The summed E-state index contributed by atoms with van der Waals surface area (Å²) >= 11 is 0. The zero-order valence-electron chi connectivity index (χ0n) is 11.0. The van der Waals surface area contributed by atoms with E-state index in [1.165, 1.54) is 0 Å². The number of hydrogen-bond acceptors (Lipinski definition) is 2. The fourth-order valence-corrected chi connectivity index (χ4v) is 2.27. The molecule has 1 aliphatic rings. The first-order valence-electron chi connectivity index (χ1n) is 6.80. The fraction of sp³-hybridized carbons (Fsp3) is 0.714. The second-order valence-corrected chi connectivity index (χ2v) is 4.99. The van der Waals surface area contributed by atoms with Crippen molar-refractivity contribution in [3.05, 3.63) is 12.2 Å². The van der Waals surface area contributed by atoms with Gasteiger partial charge in [0.05, 0.1) is 5.92 Å². The van der Waals surface area contributed by atoms with Gasteiger partial charge >= 0.3 is 5.97 Å². The minimum absolute atomic E-state index is 0.0381. The molecule has 0 aliphatic heterocycles. The van der Waals surface area contributed by atoms with Crippen LogP contribution in [0.25, 0.3) is 0 Å². The van der Waals surface area contributed by atoms with Crippen LogP contribution in [0.4, 0.5) is 0 Å². The number of amides is 1. The molecule has 0 bridgehead atoms. The molecule has 2 N–H and O–H groups in total. The topological polar surface area (TPSA) is 66.4 Å². The van der Waals surface area contributed by atoms with Gasteiger partial charge in [-0.25, -0.2) is 0 Å². The van der Waals surface area contributed by atoms with E-state index < -0.39 is 5.97 Å². The van der Waals surface area contributed by atoms with Crippen molar-refractivity contribution in [2.45, 2.75) is 45.4 Å². The van der Waals surface area contributed by atoms with Gasteiger partial charge in [-0.05, 0) is 44.1 Å². The number of nitrogens with one attached hydrogen (secondary N) is 1. The zero-order chi connectivity index (χ0) is 13.4. The van der Waals surface area contributed by atoms with Gasteiger partial charge in [0.25, 0.3) is 0 Å². The average Bonchev–Trinajstić information content (AvgIpc) is 2.37. The Morgan fingerprint density at radius 2 is 1.94 bits per heavy atom. The van der Waals surface area contributed by atoms with E-state index in [9.17, 15) is 9.59 Å². The van der Waals surface area contributed by atoms with Gasteiger partial charge in [0.15, 0.2) is 0 Å². The van der Waals surface area contributed by atoms with Gasteiger partial charge in [-0.15, -0.1) is 0 Å². The van der Waals surface area contributed by atoms with E-state index in [4.69, 9.17) is 5.11 Å². The summed E-state index contributed by atoms with van der Waals surface area (Å²) in [6, 6.07) is 0. The van der Waals surface area contributed by atoms with Gasteiger partial charge in [-0.3, -0.25) is 9.59 Å². The van der Waals surface area contributed by atoms with E-state index in [1.54, 1.807) is 6.08 Å². The van der Waals surface area contributed by atoms with Crippen LogP contribution in [0.5, 0.6) is 0 Å². The van der Waals surface area contributed by atoms with Crippen LogP contribution in [0.2, 0.25) is 0 Å². The molecule has 1 amide bonds. The lowest BCUT2D eigenvalue weighted by Gasteiger charge is -2.25. The number of allylic oxidation sites excluding steroid dienone is 1. The Labute approximate surface area is 108 Å². The van der Waals surface area contributed by atoms with Crippen LogP contribution in [-0.4, -0.2) is 23.5 Å². The number of unbranched alkanes of at least 4 members (excludes halogenated alkanes) is 1. The second kappa shape index (κ2) is 7.90. The molecule has 1 fully saturated rings. The van der Waals surface area contributed by atoms with Crippen LogP contribution in [0.15, 0.2) is 12.2 Å². The van der Waals surface area contributed by atoms with E-state index in [0.717, 1.165) is 38.5 Å². The number of carboxylic acids is 1. The number of aliphatic carboxylic acids is 1. The minimum Gasteiger partial charge on any atom is -0.481 e. The predicted octanol–water partition coefficient (Wildman–Crippen LogP) is 2.35. The third kappa shape index (κ3) is 5.34. The Morgan fingerprint density at radius 1 is 1.28 bits per heavy atom. The highest BCUT2D eigenvalue weighted by atomic mass is 16.4. The lowest BCUT2D eigenvalue weighted by atomic mass is 9.82. The van der Waals surface area contributed by atoms with E-state index in [1.807, 2.05) is 6.08 Å². The first kappa shape index (κ1) is 14.7. The molecule has 1 saturated carbocycles. The second-order valence-electron chi connectivity index (χ2n) is 4.99. The monoisotopic (exact) mass is 253 g/mol. The number of carboxylic acid groups (broad SMARTS) is 1. The molecule has 4 nitrogen and oxygen atoms in total. The Hall–Kier alpha value is -1.32. The van der Waals surface area contributed by atoms with Gasteiger partial charge in [0, 0.05) is 6.54 Å². The number of carbonyl (C=O) groups is 2. The van der Waals surface area contributed by atoms with Gasteiger partial charge in [-0.2, -0.15) is 0 Å². The standard InChI is InChI=1S/C14H23NO3/c1-2-3-4-5-13(16)15-10-11-6-8-12(9-7-11)14(17)18/h4-5,11-12H,2-3,6-10H2,1H3,(H,15,16)(H,17,18)/b5-4+. The smallest absolute Gasteiger partial charge is 0.306 e. The van der Waals surface area contributed by atoms with Crippen LogP contribution >= 0.6 is 0 Å². The number of rotatable bonds is 6. The Kier molecular flexibility index (Phi) is 6.47. The van der Waals surface area contributed by atoms with Crippen molar-refractivity contribution in [3.8, 4) is 0 Å². The maximum absolute atomic E-state index is 11.4. The summed E-state index contributed by atoms with van der Waals surface area (Å²) in [7, 11) is 0. The van der Waals surface area contributed by atoms with Crippen LogP contribution < -0.4 is 5.32 Å². The summed E-state index contributed by atoms with van der Waals surface area (Å²) in [6.07, 6.45) is 8.72. The van der Waals surface area contributed by atoms with Crippen LogP contribution in [-0.2, 0) is 9.59 Å². The molecule has 0 aromatic carbocycles. The number of hydrogen-bond donors (Lipinski definition) is 2. The Bertz CT molecular complexity index is 304. The van der Waals surface area contributed by atoms with Crippen molar-refractivity contribution in [3.63, 3.8) is 0 Å². The molecular formula is C14H23NO3. The van der Waals surface area contributed by atoms with Gasteiger partial charge in [0.2, 0.25) is 5.91 Å². The molecule has 0 radical (unpaired) electrons. The number of carbonyl (C=O) groups excluding carboxylic acids is 1. The molecule has 0 heterocycles. The van der Waals surface area contributed by atoms with Crippen LogP contribution in [0.3, 0.4) is 0 Å². The zero-order valence-corrected chi connectivity index (χ0v) is 11.0. The predicted molar refractivity (Wildman–Crippen MR) is 70.1 cm³/mol. The molecule has 4 heteroatoms. The van der Waals surface area contributed by atoms with Gasteiger partial charge < -0.3 is 10.4 Å². The van der Waals surface area contributed by atoms with Crippen molar-refractivity contribution < 1.29 is 14.7 Å². The molecule has 102 valence electrons. The Balaban J connectivity index is 2.17. The summed E-state index contributed by atoms with van der Waals surface area (Å²) in [5.74, 6) is -0.464. The SMILES string of the molecule is CCC/C=C/C(=O)NCC1CCC(C(=O)O)CC1. The molecule has 0 spiro atoms. The largest absolute Gasteiger partial charge is 0.481 e. The maximum atomic E-state index is 11.4. The molecule has 0 aromatic heterocycles. The van der Waals surface area contributed by atoms with Crippen molar-refractivity contribution in [2.75, 3.05) is 6.54 Å². The van der Waals surface area contributed by atoms with E-state index in [-0.39, 0.29) is 11.8 Å². The third-order valence-electron chi connectivity index (χ3n) is 3.49. The molecule has 1 rings (SSSR count). The lowest BCUT2D eigenvalue weighted by molar-refractivity contribution is -0.143. The van der Waals surface area contributed by atoms with Crippen molar-refractivity contribution in [1.29, 1.82) is 0 Å². The highest BCUT2D eigenvalue weighted by Crippen LogP contribution is 2.28. The molecule has 18 heavy (non-hydrogen) atoms. The van der Waals surface area contributed by atoms with Gasteiger partial charge in [-0.1, -0.05) is 19.4 Å². The van der Waals surface area contributed by atoms with Crippen LogP contribution in [0.1, 0.15) is 45.4 Å². The third-order valence-corrected chi connectivity index (χ3v) is 3.49.